The van der Waals surface area contributed by atoms with Gasteiger partial charge in [-0.05, 0) is 30.9 Å². The molecule has 0 aliphatic carbocycles. The van der Waals surface area contributed by atoms with E-state index in [1.165, 1.54) is 0 Å². The van der Waals surface area contributed by atoms with Gasteiger partial charge in [0, 0.05) is 11.2 Å². The molecular weight excluding hydrogens is 276 g/mol. The first-order valence-electron chi connectivity index (χ1n) is 6.89. The molecule has 1 rings (SSSR count). The molecule has 2 N–H and O–H groups in total. The molecule has 0 unspecified atom stereocenters. The molecule has 5 heteroatoms. The van der Waals surface area contributed by atoms with Crippen molar-refractivity contribution < 1.29 is 18.6 Å². The zero-order valence-corrected chi connectivity index (χ0v) is 13.0. The third kappa shape index (κ3) is 4.04. The van der Waals surface area contributed by atoms with E-state index in [0.717, 1.165) is 11.1 Å². The Kier molecular flexibility index (Phi) is 6.17. The average Bonchev–Trinajstić information content (AvgIpc) is 2.42. The highest BCUT2D eigenvalue weighted by Crippen LogP contribution is 2.30. The fourth-order valence-corrected chi connectivity index (χ4v) is 3.97. The molecule has 1 aromatic rings. The predicted octanol–water partition coefficient (Wildman–Crippen LogP) is 1.43. The lowest BCUT2D eigenvalue weighted by Gasteiger charge is -2.31. The van der Waals surface area contributed by atoms with Crippen molar-refractivity contribution in [2.45, 2.75) is 32.1 Å². The summed E-state index contributed by atoms with van der Waals surface area (Å²) >= 11 is 0. The second kappa shape index (κ2) is 7.20. The average molecular weight is 300 g/mol. The Hall–Kier alpha value is -0.910. The van der Waals surface area contributed by atoms with Crippen LogP contribution in [0.25, 0.3) is 0 Å². The third-order valence-corrected chi connectivity index (χ3v) is 5.58. The summed E-state index contributed by atoms with van der Waals surface area (Å²) in [6, 6.07) is 7.46. The number of aliphatic hydroxyl groups excluding tert-OH is 2. The zero-order valence-electron chi connectivity index (χ0n) is 12.2. The Morgan fingerprint density at radius 1 is 1.10 bits per heavy atom. The summed E-state index contributed by atoms with van der Waals surface area (Å²) in [4.78, 5) is 0. The molecular formula is C15H24O4S. The van der Waals surface area contributed by atoms with Crippen LogP contribution in [0.5, 0.6) is 0 Å². The zero-order chi connectivity index (χ0) is 15.2. The molecule has 0 saturated carbocycles. The van der Waals surface area contributed by atoms with Gasteiger partial charge in [-0.3, -0.25) is 0 Å². The maximum atomic E-state index is 11.9. The van der Waals surface area contributed by atoms with E-state index >= 15 is 0 Å². The van der Waals surface area contributed by atoms with Gasteiger partial charge in [0.25, 0.3) is 0 Å². The van der Waals surface area contributed by atoms with Crippen molar-refractivity contribution in [1.82, 2.24) is 0 Å². The number of sulfone groups is 1. The van der Waals surface area contributed by atoms with E-state index in [0.29, 0.717) is 6.42 Å². The van der Waals surface area contributed by atoms with Crippen LogP contribution >= 0.6 is 0 Å². The molecule has 0 atom stereocenters. The number of benzene rings is 1. The highest BCUT2D eigenvalue weighted by Gasteiger charge is 2.33. The molecule has 0 radical (unpaired) electrons. The predicted molar refractivity (Wildman–Crippen MR) is 80.6 cm³/mol. The Bertz CT molecular complexity index is 518. The van der Waals surface area contributed by atoms with Crippen LogP contribution in [0.2, 0.25) is 0 Å². The van der Waals surface area contributed by atoms with Gasteiger partial charge >= 0.3 is 0 Å². The standard InChI is InChI=1S/C15H24O4S/c1-3-9-20(18,19)10-8-15(11-16,12-17)14-7-5-4-6-13(14)2/h4-7,16-17H,3,8-12H2,1-2H3. The van der Waals surface area contributed by atoms with Crippen molar-refractivity contribution in [3.8, 4) is 0 Å². The normalized spacial score (nSPS) is 12.6. The van der Waals surface area contributed by atoms with E-state index in [2.05, 4.69) is 0 Å². The Labute approximate surface area is 121 Å². The number of aryl methyl sites for hydroxylation is 1. The highest BCUT2D eigenvalue weighted by atomic mass is 32.2. The van der Waals surface area contributed by atoms with Gasteiger partial charge in [0.15, 0.2) is 0 Å². The highest BCUT2D eigenvalue weighted by molar-refractivity contribution is 7.91. The van der Waals surface area contributed by atoms with Gasteiger partial charge in [0.2, 0.25) is 0 Å². The van der Waals surface area contributed by atoms with Crippen molar-refractivity contribution in [3.05, 3.63) is 35.4 Å². The summed E-state index contributed by atoms with van der Waals surface area (Å²) in [6.45, 7) is 3.19. The van der Waals surface area contributed by atoms with Crippen molar-refractivity contribution in [2.75, 3.05) is 24.7 Å². The smallest absolute Gasteiger partial charge is 0.150 e. The molecule has 20 heavy (non-hydrogen) atoms. The molecule has 4 nitrogen and oxygen atoms in total. The molecule has 0 amide bonds. The largest absolute Gasteiger partial charge is 0.395 e. The Balaban J connectivity index is 3.02. The summed E-state index contributed by atoms with van der Waals surface area (Å²) in [5.41, 5.74) is 0.867. The minimum absolute atomic E-state index is 0.0176. The monoisotopic (exact) mass is 300 g/mol. The molecule has 114 valence electrons. The lowest BCUT2D eigenvalue weighted by atomic mass is 9.77. The molecule has 0 aliphatic heterocycles. The van der Waals surface area contributed by atoms with Crippen LogP contribution in [0, 0.1) is 6.92 Å². The lowest BCUT2D eigenvalue weighted by Crippen LogP contribution is -2.37. The van der Waals surface area contributed by atoms with Gasteiger partial charge in [0.05, 0.1) is 19.0 Å². The number of hydrogen-bond acceptors (Lipinski definition) is 4. The second-order valence-electron chi connectivity index (χ2n) is 5.31. The molecule has 0 aromatic heterocycles. The minimum Gasteiger partial charge on any atom is -0.395 e. The first-order valence-corrected chi connectivity index (χ1v) is 8.71. The first-order chi connectivity index (χ1) is 9.40. The van der Waals surface area contributed by atoms with Crippen LogP contribution in [0.1, 0.15) is 30.9 Å². The maximum absolute atomic E-state index is 11.9. The topological polar surface area (TPSA) is 74.6 Å². The fraction of sp³-hybridized carbons (Fsp3) is 0.600. The molecule has 0 fully saturated rings. The van der Waals surface area contributed by atoms with Crippen LogP contribution in [-0.2, 0) is 15.3 Å². The van der Waals surface area contributed by atoms with E-state index in [4.69, 9.17) is 0 Å². The molecule has 0 saturated heterocycles. The van der Waals surface area contributed by atoms with E-state index < -0.39 is 15.3 Å². The van der Waals surface area contributed by atoms with Gasteiger partial charge in [-0.2, -0.15) is 0 Å². The summed E-state index contributed by atoms with van der Waals surface area (Å²) in [5.74, 6) is 0.129. The second-order valence-corrected chi connectivity index (χ2v) is 7.62. The molecule has 0 bridgehead atoms. The van der Waals surface area contributed by atoms with Gasteiger partial charge in [0.1, 0.15) is 9.84 Å². The quantitative estimate of drug-likeness (QED) is 0.761. The van der Waals surface area contributed by atoms with E-state index in [1.807, 2.05) is 38.1 Å². The van der Waals surface area contributed by atoms with Gasteiger partial charge < -0.3 is 10.2 Å². The van der Waals surface area contributed by atoms with Crippen molar-refractivity contribution in [2.24, 2.45) is 0 Å². The first kappa shape index (κ1) is 17.1. The van der Waals surface area contributed by atoms with Gasteiger partial charge in [-0.25, -0.2) is 8.42 Å². The summed E-state index contributed by atoms with van der Waals surface area (Å²) in [7, 11) is -3.13. The lowest BCUT2D eigenvalue weighted by molar-refractivity contribution is 0.113. The van der Waals surface area contributed by atoms with Crippen LogP contribution in [0.3, 0.4) is 0 Å². The van der Waals surface area contributed by atoms with E-state index in [-0.39, 0.29) is 31.1 Å². The van der Waals surface area contributed by atoms with E-state index in [9.17, 15) is 18.6 Å². The summed E-state index contributed by atoms with van der Waals surface area (Å²) < 4.78 is 23.7. The van der Waals surface area contributed by atoms with Crippen molar-refractivity contribution >= 4 is 9.84 Å². The third-order valence-electron chi connectivity index (χ3n) is 3.73. The molecule has 1 aromatic carbocycles. The number of rotatable bonds is 8. The number of aliphatic hydroxyl groups is 2. The van der Waals surface area contributed by atoms with Gasteiger partial charge in [-0.1, -0.05) is 31.2 Å². The summed E-state index contributed by atoms with van der Waals surface area (Å²) in [6.07, 6.45) is 0.811. The number of hydrogen-bond donors (Lipinski definition) is 2. The van der Waals surface area contributed by atoms with Crippen LogP contribution in [0.15, 0.2) is 24.3 Å². The van der Waals surface area contributed by atoms with Crippen molar-refractivity contribution in [3.63, 3.8) is 0 Å². The molecule has 0 spiro atoms. The molecule has 0 heterocycles. The summed E-state index contributed by atoms with van der Waals surface area (Å²) in [5, 5.41) is 19.5. The van der Waals surface area contributed by atoms with Crippen LogP contribution in [-0.4, -0.2) is 43.4 Å². The SMILES string of the molecule is CCCS(=O)(=O)CCC(CO)(CO)c1ccccc1C. The molecule has 0 aliphatic rings. The maximum Gasteiger partial charge on any atom is 0.150 e. The minimum atomic E-state index is -3.13. The van der Waals surface area contributed by atoms with Gasteiger partial charge in [-0.15, -0.1) is 0 Å². The fourth-order valence-electron chi connectivity index (χ4n) is 2.44. The van der Waals surface area contributed by atoms with Crippen molar-refractivity contribution in [1.29, 1.82) is 0 Å². The Morgan fingerprint density at radius 2 is 1.70 bits per heavy atom. The Morgan fingerprint density at radius 3 is 2.20 bits per heavy atom. The van der Waals surface area contributed by atoms with Crippen LogP contribution in [0.4, 0.5) is 0 Å². The van der Waals surface area contributed by atoms with E-state index in [1.54, 1.807) is 0 Å². The van der Waals surface area contributed by atoms with Crippen LogP contribution < -0.4 is 0 Å².